The molecule has 0 saturated carbocycles. The van der Waals surface area contributed by atoms with E-state index in [1.54, 1.807) is 11.0 Å². The number of aromatic nitrogens is 1. The summed E-state index contributed by atoms with van der Waals surface area (Å²) in [5, 5.41) is 6.87. The molecule has 1 aromatic carbocycles. The standard InChI is InChI=1S/C17H19N3O4/c1-23-17(22)20-9-7-13(8-10-20)18-16(21)15-11-14(19-24-15)12-5-3-2-4-6-12/h2-6,11,13H,7-10H2,1H3,(H,18,21). The highest BCUT2D eigenvalue weighted by Gasteiger charge is 2.25. The SMILES string of the molecule is COC(=O)N1CCC(NC(=O)c2cc(-c3ccccc3)no2)CC1. The van der Waals surface area contributed by atoms with E-state index in [-0.39, 0.29) is 23.8 Å². The predicted octanol–water partition coefficient (Wildman–Crippen LogP) is 2.30. The Balaban J connectivity index is 1.57. The van der Waals surface area contributed by atoms with Crippen molar-refractivity contribution in [3.8, 4) is 11.3 Å². The second-order valence-corrected chi connectivity index (χ2v) is 5.65. The highest BCUT2D eigenvalue weighted by atomic mass is 16.5. The van der Waals surface area contributed by atoms with E-state index >= 15 is 0 Å². The zero-order chi connectivity index (χ0) is 16.9. The van der Waals surface area contributed by atoms with Crippen LogP contribution in [0.1, 0.15) is 23.4 Å². The first-order chi connectivity index (χ1) is 11.7. The van der Waals surface area contributed by atoms with E-state index in [9.17, 15) is 9.59 Å². The number of nitrogens with one attached hydrogen (secondary N) is 1. The highest BCUT2D eigenvalue weighted by molar-refractivity contribution is 5.92. The van der Waals surface area contributed by atoms with Gasteiger partial charge in [0.1, 0.15) is 5.69 Å². The molecule has 7 heteroatoms. The zero-order valence-corrected chi connectivity index (χ0v) is 13.4. The van der Waals surface area contributed by atoms with E-state index in [4.69, 9.17) is 9.26 Å². The summed E-state index contributed by atoms with van der Waals surface area (Å²) in [5.41, 5.74) is 1.52. The monoisotopic (exact) mass is 329 g/mol. The highest BCUT2D eigenvalue weighted by Crippen LogP contribution is 2.19. The molecule has 2 amide bonds. The van der Waals surface area contributed by atoms with Gasteiger partial charge in [0.05, 0.1) is 7.11 Å². The Labute approximate surface area is 139 Å². The number of piperidine rings is 1. The van der Waals surface area contributed by atoms with Crippen LogP contribution in [0.5, 0.6) is 0 Å². The molecule has 0 unspecified atom stereocenters. The average Bonchev–Trinajstić information content (AvgIpc) is 3.13. The molecule has 0 aliphatic carbocycles. The number of amides is 2. The van der Waals surface area contributed by atoms with E-state index < -0.39 is 0 Å². The summed E-state index contributed by atoms with van der Waals surface area (Å²) in [6.45, 7) is 1.12. The van der Waals surface area contributed by atoms with Gasteiger partial charge in [0.25, 0.3) is 5.91 Å². The number of hydrogen-bond donors (Lipinski definition) is 1. The van der Waals surface area contributed by atoms with Gasteiger partial charge in [-0.05, 0) is 12.8 Å². The number of benzene rings is 1. The van der Waals surface area contributed by atoms with Crippen LogP contribution >= 0.6 is 0 Å². The number of likely N-dealkylation sites (tertiary alicyclic amines) is 1. The number of carbonyl (C=O) groups is 2. The van der Waals surface area contributed by atoms with Crippen LogP contribution in [0.4, 0.5) is 4.79 Å². The van der Waals surface area contributed by atoms with Crippen molar-refractivity contribution in [2.75, 3.05) is 20.2 Å². The first-order valence-corrected chi connectivity index (χ1v) is 7.83. The largest absolute Gasteiger partial charge is 0.453 e. The molecule has 0 atom stereocenters. The number of hydrogen-bond acceptors (Lipinski definition) is 5. The van der Waals surface area contributed by atoms with Crippen LogP contribution in [0.2, 0.25) is 0 Å². The molecule has 1 fully saturated rings. The van der Waals surface area contributed by atoms with E-state index in [2.05, 4.69) is 10.5 Å². The van der Waals surface area contributed by atoms with Crippen molar-refractivity contribution < 1.29 is 18.8 Å². The fraction of sp³-hybridized carbons (Fsp3) is 0.353. The average molecular weight is 329 g/mol. The van der Waals surface area contributed by atoms with E-state index in [1.807, 2.05) is 30.3 Å². The number of methoxy groups -OCH3 is 1. The Morgan fingerprint density at radius 1 is 1.25 bits per heavy atom. The molecule has 0 bridgehead atoms. The minimum atomic E-state index is -0.331. The first kappa shape index (κ1) is 16.0. The van der Waals surface area contributed by atoms with E-state index in [1.165, 1.54) is 7.11 Å². The summed E-state index contributed by atoms with van der Waals surface area (Å²) >= 11 is 0. The van der Waals surface area contributed by atoms with Gasteiger partial charge in [-0.3, -0.25) is 4.79 Å². The third-order valence-corrected chi connectivity index (χ3v) is 4.07. The lowest BCUT2D eigenvalue weighted by Crippen LogP contribution is -2.46. The second-order valence-electron chi connectivity index (χ2n) is 5.65. The van der Waals surface area contributed by atoms with Gasteiger partial charge >= 0.3 is 6.09 Å². The Hall–Kier alpha value is -2.83. The van der Waals surface area contributed by atoms with Gasteiger partial charge in [0.15, 0.2) is 0 Å². The summed E-state index contributed by atoms with van der Waals surface area (Å²) in [4.78, 5) is 25.4. The molecule has 0 spiro atoms. The van der Waals surface area contributed by atoms with Gasteiger partial charge in [0.2, 0.25) is 5.76 Å². The third kappa shape index (κ3) is 3.56. The Kier molecular flexibility index (Phi) is 4.79. The van der Waals surface area contributed by atoms with Gasteiger partial charge in [0, 0.05) is 30.8 Å². The molecule has 0 radical (unpaired) electrons. The third-order valence-electron chi connectivity index (χ3n) is 4.07. The lowest BCUT2D eigenvalue weighted by molar-refractivity contribution is 0.0859. The smallest absolute Gasteiger partial charge is 0.409 e. The van der Waals surface area contributed by atoms with Crippen LogP contribution in [0, 0.1) is 0 Å². The lowest BCUT2D eigenvalue weighted by Gasteiger charge is -2.31. The number of ether oxygens (including phenoxy) is 1. The van der Waals surface area contributed by atoms with Crippen molar-refractivity contribution in [3.05, 3.63) is 42.2 Å². The van der Waals surface area contributed by atoms with Crippen molar-refractivity contribution >= 4 is 12.0 Å². The maximum absolute atomic E-state index is 12.3. The van der Waals surface area contributed by atoms with Crippen molar-refractivity contribution in [1.29, 1.82) is 0 Å². The fourth-order valence-electron chi connectivity index (χ4n) is 2.72. The Morgan fingerprint density at radius 2 is 1.96 bits per heavy atom. The molecule has 1 N–H and O–H groups in total. The van der Waals surface area contributed by atoms with Crippen LogP contribution in [-0.4, -0.2) is 48.3 Å². The zero-order valence-electron chi connectivity index (χ0n) is 13.4. The lowest BCUT2D eigenvalue weighted by atomic mass is 10.1. The number of nitrogens with zero attached hydrogens (tertiary/aromatic N) is 2. The minimum absolute atomic E-state index is 0.00341. The molecule has 7 nitrogen and oxygen atoms in total. The molecule has 3 rings (SSSR count). The molecule has 1 aliphatic rings. The van der Waals surface area contributed by atoms with Crippen molar-refractivity contribution in [2.45, 2.75) is 18.9 Å². The molecule has 2 heterocycles. The van der Waals surface area contributed by atoms with Crippen molar-refractivity contribution in [1.82, 2.24) is 15.4 Å². The van der Waals surface area contributed by atoms with Crippen molar-refractivity contribution in [3.63, 3.8) is 0 Å². The van der Waals surface area contributed by atoms with Crippen LogP contribution in [-0.2, 0) is 4.74 Å². The number of carbonyl (C=O) groups excluding carboxylic acids is 2. The normalized spacial score (nSPS) is 15.1. The molecule has 2 aromatic rings. The maximum atomic E-state index is 12.3. The molecular weight excluding hydrogens is 310 g/mol. The van der Waals surface area contributed by atoms with Gasteiger partial charge in [-0.25, -0.2) is 4.79 Å². The van der Waals surface area contributed by atoms with Crippen LogP contribution in [0.3, 0.4) is 0 Å². The molecular formula is C17H19N3O4. The quantitative estimate of drug-likeness (QED) is 0.934. The summed E-state index contributed by atoms with van der Waals surface area (Å²) in [6, 6.07) is 11.2. The minimum Gasteiger partial charge on any atom is -0.453 e. The van der Waals surface area contributed by atoms with E-state index in [0.29, 0.717) is 31.6 Å². The Morgan fingerprint density at radius 3 is 2.62 bits per heavy atom. The van der Waals surface area contributed by atoms with Crippen LogP contribution in [0.15, 0.2) is 40.9 Å². The van der Waals surface area contributed by atoms with Crippen molar-refractivity contribution in [2.24, 2.45) is 0 Å². The summed E-state index contributed by atoms with van der Waals surface area (Å²) < 4.78 is 9.85. The maximum Gasteiger partial charge on any atom is 0.409 e. The molecule has 1 saturated heterocycles. The Bertz CT molecular complexity index is 706. The molecule has 126 valence electrons. The molecule has 1 aromatic heterocycles. The van der Waals surface area contributed by atoms with Gasteiger partial charge in [-0.15, -0.1) is 0 Å². The second kappa shape index (κ2) is 7.16. The van der Waals surface area contributed by atoms with Crippen LogP contribution in [0.25, 0.3) is 11.3 Å². The van der Waals surface area contributed by atoms with Gasteiger partial charge in [-0.2, -0.15) is 0 Å². The van der Waals surface area contributed by atoms with E-state index in [0.717, 1.165) is 5.56 Å². The summed E-state index contributed by atoms with van der Waals surface area (Å²) in [6.07, 6.45) is 1.03. The molecule has 1 aliphatic heterocycles. The predicted molar refractivity (Wildman–Crippen MR) is 86.4 cm³/mol. The summed E-state index contributed by atoms with van der Waals surface area (Å²) in [7, 11) is 1.37. The van der Waals surface area contributed by atoms with Crippen LogP contribution < -0.4 is 5.32 Å². The molecule has 24 heavy (non-hydrogen) atoms. The topological polar surface area (TPSA) is 84.7 Å². The summed E-state index contributed by atoms with van der Waals surface area (Å²) in [5.74, 6) is -0.106. The number of rotatable bonds is 3. The van der Waals surface area contributed by atoms with Gasteiger partial charge in [-0.1, -0.05) is 35.5 Å². The van der Waals surface area contributed by atoms with Gasteiger partial charge < -0.3 is 19.5 Å². The fourth-order valence-corrected chi connectivity index (χ4v) is 2.72. The first-order valence-electron chi connectivity index (χ1n) is 7.83.